The molecule has 0 bridgehead atoms. The van der Waals surface area contributed by atoms with Crippen LogP contribution in [0.5, 0.6) is 0 Å². The van der Waals surface area contributed by atoms with Gasteiger partial charge >= 0.3 is 0 Å². The summed E-state index contributed by atoms with van der Waals surface area (Å²) >= 11 is 3.60. The van der Waals surface area contributed by atoms with Crippen molar-refractivity contribution >= 4 is 15.9 Å². The van der Waals surface area contributed by atoms with Gasteiger partial charge in [-0.15, -0.1) is 0 Å². The highest BCUT2D eigenvalue weighted by molar-refractivity contribution is 9.10. The Hall–Kier alpha value is -1.12. The lowest BCUT2D eigenvalue weighted by Crippen LogP contribution is -2.25. The van der Waals surface area contributed by atoms with Crippen LogP contribution in [0, 0.1) is 0 Å². The Bertz CT molecular complexity index is 606. The van der Waals surface area contributed by atoms with Crippen LogP contribution in [-0.4, -0.2) is 6.04 Å². The highest BCUT2D eigenvalue weighted by Crippen LogP contribution is 2.24. The lowest BCUT2D eigenvalue weighted by Gasteiger charge is -2.14. The van der Waals surface area contributed by atoms with Gasteiger partial charge in [0.2, 0.25) is 0 Å². The molecule has 20 heavy (non-hydrogen) atoms. The van der Waals surface area contributed by atoms with Gasteiger partial charge in [0, 0.05) is 10.5 Å². The SMILES string of the molecule is NC(Cc1ccc2c(c1)CCC2)Cc1ccccc1Br. The molecule has 1 aliphatic carbocycles. The molecule has 2 aromatic rings. The highest BCUT2D eigenvalue weighted by Gasteiger charge is 2.13. The number of aryl methyl sites for hydroxylation is 2. The lowest BCUT2D eigenvalue weighted by molar-refractivity contribution is 0.663. The van der Waals surface area contributed by atoms with Crippen LogP contribution >= 0.6 is 15.9 Å². The largest absolute Gasteiger partial charge is 0.327 e. The fourth-order valence-corrected chi connectivity index (χ4v) is 3.52. The van der Waals surface area contributed by atoms with Crippen LogP contribution in [0.1, 0.15) is 28.7 Å². The predicted molar refractivity (Wildman–Crippen MR) is 88.0 cm³/mol. The van der Waals surface area contributed by atoms with Gasteiger partial charge in [0.25, 0.3) is 0 Å². The molecule has 0 amide bonds. The van der Waals surface area contributed by atoms with Crippen molar-refractivity contribution in [1.82, 2.24) is 0 Å². The minimum absolute atomic E-state index is 0.174. The highest BCUT2D eigenvalue weighted by atomic mass is 79.9. The van der Waals surface area contributed by atoms with Gasteiger partial charge in [0.15, 0.2) is 0 Å². The van der Waals surface area contributed by atoms with Crippen molar-refractivity contribution in [3.8, 4) is 0 Å². The van der Waals surface area contributed by atoms with Crippen molar-refractivity contribution in [3.63, 3.8) is 0 Å². The Morgan fingerprint density at radius 1 is 1.00 bits per heavy atom. The average molecular weight is 330 g/mol. The maximum atomic E-state index is 6.33. The van der Waals surface area contributed by atoms with E-state index in [9.17, 15) is 0 Å². The summed E-state index contributed by atoms with van der Waals surface area (Å²) in [6.45, 7) is 0. The fraction of sp³-hybridized carbons (Fsp3) is 0.333. The van der Waals surface area contributed by atoms with E-state index in [0.29, 0.717) is 0 Å². The van der Waals surface area contributed by atoms with Gasteiger partial charge in [-0.1, -0.05) is 52.3 Å². The predicted octanol–water partition coefficient (Wildman–Crippen LogP) is 4.05. The van der Waals surface area contributed by atoms with E-state index in [1.165, 1.54) is 41.5 Å². The van der Waals surface area contributed by atoms with Crippen molar-refractivity contribution in [3.05, 3.63) is 69.2 Å². The van der Waals surface area contributed by atoms with E-state index in [4.69, 9.17) is 5.73 Å². The molecule has 0 fully saturated rings. The summed E-state index contributed by atoms with van der Waals surface area (Å²) < 4.78 is 1.16. The fourth-order valence-electron chi connectivity index (χ4n) is 3.07. The Morgan fingerprint density at radius 3 is 2.65 bits per heavy atom. The monoisotopic (exact) mass is 329 g/mol. The third-order valence-corrected chi connectivity index (χ3v) is 4.87. The van der Waals surface area contributed by atoms with Crippen LogP contribution in [0.3, 0.4) is 0 Å². The molecule has 1 unspecified atom stereocenters. The molecular weight excluding hydrogens is 310 g/mol. The van der Waals surface area contributed by atoms with E-state index >= 15 is 0 Å². The summed E-state index contributed by atoms with van der Waals surface area (Å²) in [4.78, 5) is 0. The number of benzene rings is 2. The summed E-state index contributed by atoms with van der Waals surface area (Å²) in [6.07, 6.45) is 5.66. The molecule has 2 heteroatoms. The minimum atomic E-state index is 0.174. The molecule has 2 N–H and O–H groups in total. The Kier molecular flexibility index (Phi) is 4.23. The van der Waals surface area contributed by atoms with Gasteiger partial charge in [0.1, 0.15) is 0 Å². The van der Waals surface area contributed by atoms with Gasteiger partial charge in [-0.3, -0.25) is 0 Å². The molecule has 0 radical (unpaired) electrons. The zero-order valence-corrected chi connectivity index (χ0v) is 13.2. The standard InChI is InChI=1S/C18H20BrN/c19-18-7-2-1-4-16(18)12-17(20)11-13-8-9-14-5-3-6-15(14)10-13/h1-2,4,7-10,17H,3,5-6,11-12,20H2. The molecular formula is C18H20BrN. The molecule has 2 aromatic carbocycles. The molecule has 0 heterocycles. The quantitative estimate of drug-likeness (QED) is 0.899. The van der Waals surface area contributed by atoms with Gasteiger partial charge < -0.3 is 5.73 Å². The third kappa shape index (κ3) is 3.13. The molecule has 1 nitrogen and oxygen atoms in total. The minimum Gasteiger partial charge on any atom is -0.327 e. The molecule has 0 aliphatic heterocycles. The van der Waals surface area contributed by atoms with Gasteiger partial charge in [0.05, 0.1) is 0 Å². The lowest BCUT2D eigenvalue weighted by atomic mass is 9.97. The molecule has 0 saturated carbocycles. The normalized spacial score (nSPS) is 15.1. The molecule has 0 aromatic heterocycles. The summed E-state index contributed by atoms with van der Waals surface area (Å²) in [6, 6.07) is 15.4. The van der Waals surface area contributed by atoms with Crippen LogP contribution in [-0.2, 0) is 25.7 Å². The topological polar surface area (TPSA) is 26.0 Å². The van der Waals surface area contributed by atoms with Crippen molar-refractivity contribution < 1.29 is 0 Å². The zero-order chi connectivity index (χ0) is 13.9. The summed E-state index contributed by atoms with van der Waals surface area (Å²) in [5.41, 5.74) is 12.1. The van der Waals surface area contributed by atoms with Crippen molar-refractivity contribution in [2.24, 2.45) is 5.73 Å². The van der Waals surface area contributed by atoms with E-state index in [1.807, 2.05) is 6.07 Å². The van der Waals surface area contributed by atoms with E-state index in [2.05, 4.69) is 52.3 Å². The number of nitrogens with two attached hydrogens (primary N) is 1. The van der Waals surface area contributed by atoms with Crippen LogP contribution in [0.2, 0.25) is 0 Å². The second-order valence-electron chi connectivity index (χ2n) is 5.72. The third-order valence-electron chi connectivity index (χ3n) is 4.10. The Labute approximate surface area is 129 Å². The molecule has 1 aliphatic rings. The van der Waals surface area contributed by atoms with Gasteiger partial charge in [-0.2, -0.15) is 0 Å². The van der Waals surface area contributed by atoms with Gasteiger partial charge in [-0.05, 0) is 60.4 Å². The number of hydrogen-bond donors (Lipinski definition) is 1. The Balaban J connectivity index is 1.67. The summed E-state index contributed by atoms with van der Waals surface area (Å²) in [5.74, 6) is 0. The first kappa shape index (κ1) is 13.8. The maximum Gasteiger partial charge on any atom is 0.0207 e. The number of hydrogen-bond acceptors (Lipinski definition) is 1. The molecule has 0 saturated heterocycles. The second kappa shape index (κ2) is 6.11. The van der Waals surface area contributed by atoms with E-state index in [0.717, 1.165) is 17.3 Å². The molecule has 104 valence electrons. The smallest absolute Gasteiger partial charge is 0.0207 e. The average Bonchev–Trinajstić information content (AvgIpc) is 2.89. The van der Waals surface area contributed by atoms with Crippen molar-refractivity contribution in [2.45, 2.75) is 38.1 Å². The van der Waals surface area contributed by atoms with E-state index < -0.39 is 0 Å². The second-order valence-corrected chi connectivity index (χ2v) is 6.57. The maximum absolute atomic E-state index is 6.33. The molecule has 1 atom stereocenters. The number of rotatable bonds is 4. The van der Waals surface area contributed by atoms with Crippen LogP contribution in [0.15, 0.2) is 46.9 Å². The van der Waals surface area contributed by atoms with Crippen LogP contribution in [0.25, 0.3) is 0 Å². The zero-order valence-electron chi connectivity index (χ0n) is 11.6. The first-order valence-corrected chi connectivity index (χ1v) is 8.11. The molecule has 3 rings (SSSR count). The van der Waals surface area contributed by atoms with E-state index in [-0.39, 0.29) is 6.04 Å². The number of halogens is 1. The van der Waals surface area contributed by atoms with Crippen molar-refractivity contribution in [2.75, 3.05) is 0 Å². The number of fused-ring (bicyclic) bond motifs is 1. The first-order valence-electron chi connectivity index (χ1n) is 7.32. The van der Waals surface area contributed by atoms with Gasteiger partial charge in [-0.25, -0.2) is 0 Å². The Morgan fingerprint density at radius 2 is 1.80 bits per heavy atom. The summed E-state index contributed by atoms with van der Waals surface area (Å²) in [7, 11) is 0. The summed E-state index contributed by atoms with van der Waals surface area (Å²) in [5, 5.41) is 0. The van der Waals surface area contributed by atoms with Crippen molar-refractivity contribution in [1.29, 1.82) is 0 Å². The first-order chi connectivity index (χ1) is 9.72. The van der Waals surface area contributed by atoms with E-state index in [1.54, 1.807) is 0 Å². The van der Waals surface area contributed by atoms with Crippen LogP contribution in [0.4, 0.5) is 0 Å². The van der Waals surface area contributed by atoms with Crippen LogP contribution < -0.4 is 5.73 Å². The molecule has 0 spiro atoms.